The van der Waals surface area contributed by atoms with Crippen molar-refractivity contribution < 1.29 is 4.79 Å². The number of guanidine groups is 1. The number of amides is 1. The molecule has 1 aromatic heterocycles. The van der Waals surface area contributed by atoms with Gasteiger partial charge in [-0.05, 0) is 54.7 Å². The second kappa shape index (κ2) is 10.5. The molecule has 0 bridgehead atoms. The Morgan fingerprint density at radius 3 is 2.72 bits per heavy atom. The summed E-state index contributed by atoms with van der Waals surface area (Å²) in [4.78, 5) is 22.9. The first-order valence-electron chi connectivity index (χ1n) is 10.1. The molecule has 2 aromatic rings. The van der Waals surface area contributed by atoms with Gasteiger partial charge in [0.25, 0.3) is 5.91 Å². The summed E-state index contributed by atoms with van der Waals surface area (Å²) in [6.45, 7) is 3.60. The Bertz CT molecular complexity index is 845. The summed E-state index contributed by atoms with van der Waals surface area (Å²) in [6.07, 6.45) is 5.17. The number of aromatic nitrogens is 1. The normalized spacial score (nSPS) is 14.0. The predicted octanol–water partition coefficient (Wildman–Crippen LogP) is 1.95. The van der Waals surface area contributed by atoms with Crippen molar-refractivity contribution in [2.45, 2.75) is 25.8 Å². The third-order valence-electron chi connectivity index (χ3n) is 5.05. The Morgan fingerprint density at radius 1 is 1.14 bits per heavy atom. The Labute approximate surface area is 172 Å². The Morgan fingerprint density at radius 2 is 1.97 bits per heavy atom. The van der Waals surface area contributed by atoms with Crippen molar-refractivity contribution in [1.29, 1.82) is 0 Å². The highest BCUT2D eigenvalue weighted by atomic mass is 16.1. The molecule has 3 rings (SSSR count). The van der Waals surface area contributed by atoms with Crippen molar-refractivity contribution in [3.05, 3.63) is 59.3 Å². The Kier molecular flexibility index (Phi) is 7.44. The van der Waals surface area contributed by atoms with Crippen LogP contribution in [0.3, 0.4) is 0 Å². The molecular weight excluding hydrogens is 364 g/mol. The lowest BCUT2D eigenvalue weighted by Crippen LogP contribution is -2.37. The fourth-order valence-corrected chi connectivity index (χ4v) is 3.43. The van der Waals surface area contributed by atoms with Gasteiger partial charge in [-0.3, -0.25) is 9.79 Å². The van der Waals surface area contributed by atoms with E-state index in [2.05, 4.69) is 36.9 Å². The van der Waals surface area contributed by atoms with E-state index < -0.39 is 0 Å². The molecule has 1 saturated heterocycles. The van der Waals surface area contributed by atoms with Crippen molar-refractivity contribution in [2.75, 3.05) is 38.6 Å². The van der Waals surface area contributed by atoms with Gasteiger partial charge >= 0.3 is 0 Å². The maximum absolute atomic E-state index is 11.8. The molecule has 7 nitrogen and oxygen atoms in total. The predicted molar refractivity (Wildman–Crippen MR) is 117 cm³/mol. The number of aliphatic imine (C=N–C) groups is 1. The van der Waals surface area contributed by atoms with Crippen LogP contribution in [0.2, 0.25) is 0 Å². The summed E-state index contributed by atoms with van der Waals surface area (Å²) >= 11 is 0. The summed E-state index contributed by atoms with van der Waals surface area (Å²) in [5, 5.41) is 9.34. The fraction of sp³-hybridized carbons (Fsp3) is 0.409. The standard InChI is InChI=1S/C22H30N6O/c1-23-21(29)19-7-5-6-17(14-19)8-11-26-22(24-2)27-16-18-9-10-25-20(15-18)28-12-3-4-13-28/h5-7,9-10,14-15H,3-4,8,11-13,16H2,1-2H3,(H,23,29)(H2,24,26,27). The first kappa shape index (κ1) is 20.6. The van der Waals surface area contributed by atoms with Crippen LogP contribution in [0.25, 0.3) is 0 Å². The van der Waals surface area contributed by atoms with E-state index in [1.807, 2.05) is 36.5 Å². The molecule has 1 aliphatic heterocycles. The number of anilines is 1. The number of nitrogens with one attached hydrogen (secondary N) is 3. The molecule has 0 spiro atoms. The molecule has 3 N–H and O–H groups in total. The molecule has 0 atom stereocenters. The molecule has 2 heterocycles. The first-order chi connectivity index (χ1) is 14.2. The molecule has 0 unspecified atom stereocenters. The van der Waals surface area contributed by atoms with Gasteiger partial charge in [-0.25, -0.2) is 4.98 Å². The number of pyridine rings is 1. The highest BCUT2D eigenvalue weighted by molar-refractivity contribution is 5.94. The summed E-state index contributed by atoms with van der Waals surface area (Å²) in [5.41, 5.74) is 2.97. The molecule has 7 heteroatoms. The van der Waals surface area contributed by atoms with E-state index in [0.29, 0.717) is 12.1 Å². The quantitative estimate of drug-likeness (QED) is 0.494. The molecule has 154 valence electrons. The Balaban J connectivity index is 1.48. The van der Waals surface area contributed by atoms with Crippen LogP contribution in [0.4, 0.5) is 5.82 Å². The number of hydrogen-bond acceptors (Lipinski definition) is 4. The number of nitrogens with zero attached hydrogens (tertiary/aromatic N) is 3. The van der Waals surface area contributed by atoms with Crippen molar-refractivity contribution in [3.8, 4) is 0 Å². The minimum Gasteiger partial charge on any atom is -0.357 e. The average molecular weight is 395 g/mol. The number of carbonyl (C=O) groups excluding carboxylic acids is 1. The molecular formula is C22H30N6O. The largest absolute Gasteiger partial charge is 0.357 e. The van der Waals surface area contributed by atoms with E-state index in [1.54, 1.807) is 14.1 Å². The van der Waals surface area contributed by atoms with Gasteiger partial charge in [0.2, 0.25) is 0 Å². The smallest absolute Gasteiger partial charge is 0.251 e. The van der Waals surface area contributed by atoms with E-state index in [1.165, 1.54) is 18.4 Å². The third kappa shape index (κ3) is 5.94. The fourth-order valence-electron chi connectivity index (χ4n) is 3.43. The van der Waals surface area contributed by atoms with E-state index in [0.717, 1.165) is 43.4 Å². The van der Waals surface area contributed by atoms with Crippen molar-refractivity contribution in [3.63, 3.8) is 0 Å². The van der Waals surface area contributed by atoms with Crippen molar-refractivity contribution >= 4 is 17.7 Å². The zero-order chi connectivity index (χ0) is 20.5. The van der Waals surface area contributed by atoms with Gasteiger partial charge in [-0.15, -0.1) is 0 Å². The third-order valence-corrected chi connectivity index (χ3v) is 5.05. The average Bonchev–Trinajstić information content (AvgIpc) is 3.31. The van der Waals surface area contributed by atoms with Crippen LogP contribution in [0.1, 0.15) is 34.3 Å². The second-order valence-electron chi connectivity index (χ2n) is 7.10. The zero-order valence-electron chi connectivity index (χ0n) is 17.2. The molecule has 29 heavy (non-hydrogen) atoms. The number of hydrogen-bond donors (Lipinski definition) is 3. The van der Waals surface area contributed by atoms with E-state index in [9.17, 15) is 4.79 Å². The van der Waals surface area contributed by atoms with Crippen molar-refractivity contribution in [1.82, 2.24) is 20.9 Å². The highest BCUT2D eigenvalue weighted by Gasteiger charge is 2.13. The molecule has 0 saturated carbocycles. The van der Waals surface area contributed by atoms with E-state index in [4.69, 9.17) is 0 Å². The van der Waals surface area contributed by atoms with Crippen LogP contribution >= 0.6 is 0 Å². The van der Waals surface area contributed by atoms with Gasteiger partial charge in [0, 0.05) is 52.0 Å². The first-order valence-corrected chi connectivity index (χ1v) is 10.1. The number of benzene rings is 1. The minimum absolute atomic E-state index is 0.0667. The monoisotopic (exact) mass is 394 g/mol. The zero-order valence-corrected chi connectivity index (χ0v) is 17.2. The molecule has 0 aliphatic carbocycles. The maximum atomic E-state index is 11.8. The van der Waals surface area contributed by atoms with Gasteiger partial charge in [0.1, 0.15) is 5.82 Å². The van der Waals surface area contributed by atoms with Crippen LogP contribution in [0, 0.1) is 0 Å². The summed E-state index contributed by atoms with van der Waals surface area (Å²) < 4.78 is 0. The molecule has 1 aliphatic rings. The second-order valence-corrected chi connectivity index (χ2v) is 7.10. The van der Waals surface area contributed by atoms with Gasteiger partial charge in [0.05, 0.1) is 0 Å². The summed E-state index contributed by atoms with van der Waals surface area (Å²) in [6, 6.07) is 11.9. The van der Waals surface area contributed by atoms with Crippen LogP contribution in [0.15, 0.2) is 47.6 Å². The highest BCUT2D eigenvalue weighted by Crippen LogP contribution is 2.18. The van der Waals surface area contributed by atoms with Gasteiger partial charge in [-0.1, -0.05) is 12.1 Å². The molecule has 1 amide bonds. The van der Waals surface area contributed by atoms with Crippen LogP contribution < -0.4 is 20.9 Å². The molecule has 1 aromatic carbocycles. The topological polar surface area (TPSA) is 81.6 Å². The maximum Gasteiger partial charge on any atom is 0.251 e. The number of carbonyl (C=O) groups is 1. The summed E-state index contributed by atoms with van der Waals surface area (Å²) in [7, 11) is 3.41. The molecule has 0 radical (unpaired) electrons. The van der Waals surface area contributed by atoms with Gasteiger partial charge in [0.15, 0.2) is 5.96 Å². The van der Waals surface area contributed by atoms with Gasteiger partial charge < -0.3 is 20.9 Å². The van der Waals surface area contributed by atoms with E-state index in [-0.39, 0.29) is 5.91 Å². The summed E-state index contributed by atoms with van der Waals surface area (Å²) in [5.74, 6) is 1.75. The lowest BCUT2D eigenvalue weighted by molar-refractivity contribution is 0.0963. The van der Waals surface area contributed by atoms with Crippen LogP contribution in [-0.2, 0) is 13.0 Å². The van der Waals surface area contributed by atoms with Crippen molar-refractivity contribution in [2.24, 2.45) is 4.99 Å². The lowest BCUT2D eigenvalue weighted by Gasteiger charge is -2.17. The van der Waals surface area contributed by atoms with Crippen LogP contribution in [0.5, 0.6) is 0 Å². The Hall–Kier alpha value is -3.09. The molecule has 1 fully saturated rings. The van der Waals surface area contributed by atoms with Crippen LogP contribution in [-0.4, -0.2) is 50.6 Å². The number of rotatable bonds is 7. The lowest BCUT2D eigenvalue weighted by atomic mass is 10.1. The SMILES string of the molecule is CN=C(NCCc1cccc(C(=O)NC)c1)NCc1ccnc(N2CCCC2)c1. The van der Waals surface area contributed by atoms with Gasteiger partial charge in [-0.2, -0.15) is 0 Å². The van der Waals surface area contributed by atoms with E-state index >= 15 is 0 Å². The minimum atomic E-state index is -0.0667.